The molecule has 0 aliphatic carbocycles. The van der Waals surface area contributed by atoms with E-state index in [1.807, 2.05) is 73.6 Å². The van der Waals surface area contributed by atoms with Gasteiger partial charge in [0.15, 0.2) is 5.78 Å². The topological polar surface area (TPSA) is 72.5 Å². The van der Waals surface area contributed by atoms with E-state index in [4.69, 9.17) is 0 Å². The molecule has 26 heavy (non-hydrogen) atoms. The minimum Gasteiger partial charge on any atom is -0.760 e. The van der Waals surface area contributed by atoms with Crippen LogP contribution in [0.5, 0.6) is 0 Å². The fraction of sp³-hybridized carbons (Fsp3) is 0.350. The lowest BCUT2D eigenvalue weighted by Crippen LogP contribution is -2.22. The summed E-state index contributed by atoms with van der Waals surface area (Å²) >= 11 is -2.10. The minimum absolute atomic E-state index is 0.0934. The van der Waals surface area contributed by atoms with Crippen LogP contribution in [0.4, 0.5) is 0 Å². The molecule has 0 spiro atoms. The molecule has 1 atom stereocenters. The first-order valence-electron chi connectivity index (χ1n) is 8.60. The predicted octanol–water partition coefficient (Wildman–Crippen LogP) is 2.80. The zero-order valence-corrected chi connectivity index (χ0v) is 16.4. The van der Waals surface area contributed by atoms with Gasteiger partial charge in [0.25, 0.3) is 0 Å². The average molecular weight is 376 g/mol. The second kappa shape index (κ2) is 12.5. The molecule has 0 saturated heterocycles. The molecular formula is C20H27N2O3S-. The molecule has 142 valence electrons. The first-order chi connectivity index (χ1) is 12.4. The molecule has 1 N–H and O–H groups in total. The van der Waals surface area contributed by atoms with Crippen molar-refractivity contribution in [3.8, 4) is 0 Å². The van der Waals surface area contributed by atoms with Crippen LogP contribution in [0, 0.1) is 0 Å². The molecule has 1 unspecified atom stereocenters. The number of hydrogen-bond donors (Lipinski definition) is 1. The zero-order chi connectivity index (χ0) is 19.4. The standard InChI is InChI=1S/C15H14O.C5H14N2O2S/c1-2-12-7-6-10-14(11-12)15(16)13-8-4-3-5-9-13;1-7(2)5-3-4-6-10(8)9/h3-11H,2H2,1H3;6H,3-5H2,1-2H3,(H,8,9)/p-1. The van der Waals surface area contributed by atoms with Crippen molar-refractivity contribution in [3.63, 3.8) is 0 Å². The van der Waals surface area contributed by atoms with Gasteiger partial charge in [-0.3, -0.25) is 9.00 Å². The molecule has 0 aliphatic rings. The van der Waals surface area contributed by atoms with Gasteiger partial charge in [-0.1, -0.05) is 55.5 Å². The quantitative estimate of drug-likeness (QED) is 0.437. The molecule has 2 aromatic carbocycles. The van der Waals surface area contributed by atoms with Gasteiger partial charge in [-0.2, -0.15) is 0 Å². The van der Waals surface area contributed by atoms with Gasteiger partial charge < -0.3 is 9.45 Å². The Morgan fingerprint density at radius 1 is 1.08 bits per heavy atom. The molecule has 0 amide bonds. The number of carbonyl (C=O) groups is 1. The zero-order valence-electron chi connectivity index (χ0n) is 15.6. The predicted molar refractivity (Wildman–Crippen MR) is 106 cm³/mol. The van der Waals surface area contributed by atoms with E-state index in [0.29, 0.717) is 6.54 Å². The maximum absolute atomic E-state index is 12.1. The van der Waals surface area contributed by atoms with E-state index >= 15 is 0 Å². The van der Waals surface area contributed by atoms with Crippen molar-refractivity contribution in [2.24, 2.45) is 0 Å². The summed E-state index contributed by atoms with van der Waals surface area (Å²) in [5, 5.41) is 0. The Morgan fingerprint density at radius 3 is 2.31 bits per heavy atom. The van der Waals surface area contributed by atoms with E-state index in [1.165, 1.54) is 5.56 Å². The van der Waals surface area contributed by atoms with Crippen molar-refractivity contribution in [1.29, 1.82) is 0 Å². The van der Waals surface area contributed by atoms with Crippen LogP contribution in [0.1, 0.15) is 34.8 Å². The second-order valence-corrected chi connectivity index (χ2v) is 6.79. The lowest BCUT2D eigenvalue weighted by molar-refractivity contribution is 0.103. The minimum atomic E-state index is -2.10. The van der Waals surface area contributed by atoms with E-state index in [9.17, 15) is 13.6 Å². The van der Waals surface area contributed by atoms with Crippen molar-refractivity contribution >= 4 is 17.0 Å². The van der Waals surface area contributed by atoms with Gasteiger partial charge in [-0.25, -0.2) is 4.72 Å². The highest BCUT2D eigenvalue weighted by Crippen LogP contribution is 2.11. The third kappa shape index (κ3) is 9.01. The molecule has 0 saturated carbocycles. The van der Waals surface area contributed by atoms with Gasteiger partial charge in [0.05, 0.1) is 0 Å². The summed E-state index contributed by atoms with van der Waals surface area (Å²) in [5.74, 6) is 0.0934. The number of benzene rings is 2. The van der Waals surface area contributed by atoms with Gasteiger partial charge in [0, 0.05) is 28.9 Å². The Kier molecular flexibility index (Phi) is 10.7. The largest absolute Gasteiger partial charge is 0.760 e. The lowest BCUT2D eigenvalue weighted by atomic mass is 10.0. The van der Waals surface area contributed by atoms with E-state index < -0.39 is 11.3 Å². The van der Waals surface area contributed by atoms with Gasteiger partial charge in [0.1, 0.15) is 0 Å². The Labute approximate surface area is 158 Å². The molecule has 0 aromatic heterocycles. The van der Waals surface area contributed by atoms with Gasteiger partial charge in [-0.15, -0.1) is 0 Å². The van der Waals surface area contributed by atoms with Crippen LogP contribution in [-0.2, 0) is 17.7 Å². The van der Waals surface area contributed by atoms with E-state index in [-0.39, 0.29) is 5.78 Å². The molecular weight excluding hydrogens is 348 g/mol. The van der Waals surface area contributed by atoms with Crippen molar-refractivity contribution in [3.05, 3.63) is 71.3 Å². The first kappa shape index (κ1) is 22.2. The summed E-state index contributed by atoms with van der Waals surface area (Å²) in [6.07, 6.45) is 1.80. The fourth-order valence-electron chi connectivity index (χ4n) is 2.24. The van der Waals surface area contributed by atoms with Crippen molar-refractivity contribution in [2.75, 3.05) is 27.2 Å². The molecule has 2 rings (SSSR count). The van der Waals surface area contributed by atoms with Gasteiger partial charge in [0.2, 0.25) is 0 Å². The lowest BCUT2D eigenvalue weighted by Gasteiger charge is -2.10. The smallest absolute Gasteiger partial charge is 0.193 e. The highest BCUT2D eigenvalue weighted by Gasteiger charge is 2.07. The molecule has 6 heteroatoms. The highest BCUT2D eigenvalue weighted by atomic mass is 32.2. The summed E-state index contributed by atoms with van der Waals surface area (Å²) in [7, 11) is 3.91. The van der Waals surface area contributed by atoms with Crippen molar-refractivity contribution in [1.82, 2.24) is 9.62 Å². The van der Waals surface area contributed by atoms with Gasteiger partial charge in [-0.05, 0) is 45.1 Å². The Bertz CT molecular complexity index is 690. The van der Waals surface area contributed by atoms with E-state index in [1.54, 1.807) is 0 Å². The third-order valence-corrected chi connectivity index (χ3v) is 4.08. The summed E-state index contributed by atoms with van der Waals surface area (Å²) in [6.45, 7) is 3.52. The van der Waals surface area contributed by atoms with Crippen LogP contribution in [0.25, 0.3) is 0 Å². The fourth-order valence-corrected chi connectivity index (χ4v) is 2.55. The highest BCUT2D eigenvalue weighted by molar-refractivity contribution is 7.77. The van der Waals surface area contributed by atoms with Crippen LogP contribution in [0.3, 0.4) is 0 Å². The van der Waals surface area contributed by atoms with Crippen LogP contribution in [0.15, 0.2) is 54.6 Å². The average Bonchev–Trinajstić information content (AvgIpc) is 2.65. The normalized spacial score (nSPS) is 11.6. The summed E-state index contributed by atoms with van der Waals surface area (Å²) in [4.78, 5) is 14.1. The second-order valence-electron chi connectivity index (χ2n) is 6.03. The number of nitrogens with one attached hydrogen (secondary N) is 1. The van der Waals surface area contributed by atoms with Crippen LogP contribution in [-0.4, -0.2) is 46.6 Å². The molecule has 0 heterocycles. The van der Waals surface area contributed by atoms with Gasteiger partial charge >= 0.3 is 0 Å². The molecule has 0 radical (unpaired) electrons. The first-order valence-corrected chi connectivity index (χ1v) is 9.67. The molecule has 0 fully saturated rings. The molecule has 5 nitrogen and oxygen atoms in total. The maximum Gasteiger partial charge on any atom is 0.193 e. The van der Waals surface area contributed by atoms with Crippen LogP contribution >= 0.6 is 0 Å². The monoisotopic (exact) mass is 375 g/mol. The number of carbonyl (C=O) groups excluding carboxylic acids is 1. The summed E-state index contributed by atoms with van der Waals surface area (Å²) < 4.78 is 22.1. The molecule has 0 aliphatic heterocycles. The summed E-state index contributed by atoms with van der Waals surface area (Å²) in [5.41, 5.74) is 2.71. The SMILES string of the molecule is CCc1cccc(C(=O)c2ccccc2)c1.CN(C)CCCNS(=O)[O-]. The maximum atomic E-state index is 12.1. The number of aryl methyl sites for hydroxylation is 1. The number of rotatable bonds is 8. The molecule has 0 bridgehead atoms. The molecule has 2 aromatic rings. The van der Waals surface area contributed by atoms with E-state index in [0.717, 1.165) is 30.5 Å². The Balaban J connectivity index is 0.000000294. The van der Waals surface area contributed by atoms with Crippen molar-refractivity contribution < 1.29 is 13.6 Å². The number of nitrogens with zero attached hydrogens (tertiary/aromatic N) is 1. The van der Waals surface area contributed by atoms with Crippen molar-refractivity contribution in [2.45, 2.75) is 19.8 Å². The Morgan fingerprint density at radius 2 is 1.73 bits per heavy atom. The number of hydrogen-bond acceptors (Lipinski definition) is 4. The van der Waals surface area contributed by atoms with E-state index in [2.05, 4.69) is 11.6 Å². The third-order valence-electron chi connectivity index (χ3n) is 3.64. The van der Waals surface area contributed by atoms with Crippen LogP contribution < -0.4 is 4.72 Å². The van der Waals surface area contributed by atoms with Crippen LogP contribution in [0.2, 0.25) is 0 Å². The summed E-state index contributed by atoms with van der Waals surface area (Å²) in [6, 6.07) is 17.2. The number of ketones is 1. The Hall–Kier alpha value is -1.86.